The molecular weight excluding hydrogens is 327 g/mol. The summed E-state index contributed by atoms with van der Waals surface area (Å²) < 4.78 is 40.3. The van der Waals surface area contributed by atoms with Crippen LogP contribution in [0.25, 0.3) is 0 Å². The lowest BCUT2D eigenvalue weighted by Crippen LogP contribution is -2.23. The van der Waals surface area contributed by atoms with Gasteiger partial charge in [0, 0.05) is 12.7 Å². The Bertz CT molecular complexity index is 785. The number of benzene rings is 1. The normalized spacial score (nSPS) is 16.2. The van der Waals surface area contributed by atoms with Crippen molar-refractivity contribution in [2.75, 3.05) is 0 Å². The third kappa shape index (κ3) is 4.19. The van der Waals surface area contributed by atoms with Crippen LogP contribution in [-0.2, 0) is 16.6 Å². The second-order valence-electron chi connectivity index (χ2n) is 6.22. The fourth-order valence-corrected chi connectivity index (χ4v) is 4.19. The van der Waals surface area contributed by atoms with Crippen LogP contribution in [0.3, 0.4) is 0 Å². The Kier molecular flexibility index (Phi) is 5.26. The predicted molar refractivity (Wildman–Crippen MR) is 90.5 cm³/mol. The van der Waals surface area contributed by atoms with Crippen LogP contribution < -0.4 is 4.72 Å². The molecule has 3 rings (SSSR count). The number of rotatable bonds is 5. The maximum absolute atomic E-state index is 13.0. The van der Waals surface area contributed by atoms with Gasteiger partial charge in [0.15, 0.2) is 0 Å². The molecule has 0 unspecified atom stereocenters. The van der Waals surface area contributed by atoms with E-state index in [1.54, 1.807) is 18.2 Å². The SMILES string of the molecule is O=S(=O)(NCc1ccnc(F)c1)c1ccc(C2CCCCC2)cc1. The standard InChI is InChI=1S/C18H21FN2O2S/c19-18-12-14(10-11-20-18)13-21-24(22,23)17-8-6-16(7-9-17)15-4-2-1-3-5-15/h6-12,15,21H,1-5,13H2. The summed E-state index contributed by atoms with van der Waals surface area (Å²) >= 11 is 0. The molecule has 0 saturated heterocycles. The molecule has 1 aromatic carbocycles. The summed E-state index contributed by atoms with van der Waals surface area (Å²) in [5.41, 5.74) is 1.75. The van der Waals surface area contributed by atoms with Crippen molar-refractivity contribution in [1.29, 1.82) is 0 Å². The van der Waals surface area contributed by atoms with Crippen LogP contribution in [0.4, 0.5) is 4.39 Å². The molecule has 1 aliphatic carbocycles. The fraction of sp³-hybridized carbons (Fsp3) is 0.389. The number of aromatic nitrogens is 1. The molecule has 1 saturated carbocycles. The van der Waals surface area contributed by atoms with E-state index in [2.05, 4.69) is 9.71 Å². The van der Waals surface area contributed by atoms with Crippen molar-refractivity contribution in [3.8, 4) is 0 Å². The minimum Gasteiger partial charge on any atom is -0.228 e. The van der Waals surface area contributed by atoms with Crippen molar-refractivity contribution in [2.24, 2.45) is 0 Å². The van der Waals surface area contributed by atoms with Crippen LogP contribution >= 0.6 is 0 Å². The molecule has 0 atom stereocenters. The lowest BCUT2D eigenvalue weighted by atomic mass is 9.84. The summed E-state index contributed by atoms with van der Waals surface area (Å²) in [6.45, 7) is 0.0339. The van der Waals surface area contributed by atoms with Crippen LogP contribution in [0.15, 0.2) is 47.5 Å². The molecule has 0 aliphatic heterocycles. The van der Waals surface area contributed by atoms with Gasteiger partial charge in [0.2, 0.25) is 16.0 Å². The van der Waals surface area contributed by atoms with Crippen molar-refractivity contribution < 1.29 is 12.8 Å². The molecule has 2 aromatic rings. The lowest BCUT2D eigenvalue weighted by Gasteiger charge is -2.22. The quantitative estimate of drug-likeness (QED) is 0.837. The zero-order valence-electron chi connectivity index (χ0n) is 13.4. The maximum atomic E-state index is 13.0. The zero-order chi connectivity index (χ0) is 17.0. The number of nitrogens with one attached hydrogen (secondary N) is 1. The van der Waals surface area contributed by atoms with Gasteiger partial charge in [-0.25, -0.2) is 18.1 Å². The molecule has 6 heteroatoms. The van der Waals surface area contributed by atoms with Gasteiger partial charge in [0.25, 0.3) is 0 Å². The summed E-state index contributed by atoms with van der Waals surface area (Å²) in [4.78, 5) is 3.69. The van der Waals surface area contributed by atoms with Gasteiger partial charge in [-0.15, -0.1) is 0 Å². The molecule has 128 valence electrons. The number of sulfonamides is 1. The van der Waals surface area contributed by atoms with Crippen LogP contribution in [0.1, 0.15) is 49.1 Å². The highest BCUT2D eigenvalue weighted by atomic mass is 32.2. The molecule has 1 heterocycles. The van der Waals surface area contributed by atoms with Crippen LogP contribution in [0, 0.1) is 5.95 Å². The van der Waals surface area contributed by atoms with E-state index in [0.717, 1.165) is 0 Å². The maximum Gasteiger partial charge on any atom is 0.240 e. The first kappa shape index (κ1) is 17.0. The number of pyridine rings is 1. The number of nitrogens with zero attached hydrogens (tertiary/aromatic N) is 1. The summed E-state index contributed by atoms with van der Waals surface area (Å²) in [5, 5.41) is 0. The van der Waals surface area contributed by atoms with Crippen molar-refractivity contribution in [3.63, 3.8) is 0 Å². The Hall–Kier alpha value is -1.79. The molecule has 1 aromatic heterocycles. The van der Waals surface area contributed by atoms with Crippen LogP contribution in [0.2, 0.25) is 0 Å². The molecule has 0 radical (unpaired) electrons. The lowest BCUT2D eigenvalue weighted by molar-refractivity contribution is 0.443. The highest BCUT2D eigenvalue weighted by molar-refractivity contribution is 7.89. The second kappa shape index (κ2) is 7.40. The highest BCUT2D eigenvalue weighted by Crippen LogP contribution is 2.32. The minimum absolute atomic E-state index is 0.0339. The summed E-state index contributed by atoms with van der Waals surface area (Å²) in [7, 11) is -3.61. The van der Waals surface area contributed by atoms with Gasteiger partial charge >= 0.3 is 0 Å². The van der Waals surface area contributed by atoms with Gasteiger partial charge in [-0.05, 0) is 54.2 Å². The van der Waals surface area contributed by atoms with Crippen LogP contribution in [-0.4, -0.2) is 13.4 Å². The molecule has 24 heavy (non-hydrogen) atoms. The Morgan fingerprint density at radius 3 is 2.46 bits per heavy atom. The van der Waals surface area contributed by atoms with E-state index in [9.17, 15) is 12.8 Å². The first-order chi connectivity index (χ1) is 11.5. The van der Waals surface area contributed by atoms with E-state index < -0.39 is 16.0 Å². The number of hydrogen-bond acceptors (Lipinski definition) is 3. The van der Waals surface area contributed by atoms with E-state index in [-0.39, 0.29) is 11.4 Å². The van der Waals surface area contributed by atoms with Gasteiger partial charge in [0.1, 0.15) is 0 Å². The number of halogens is 1. The Morgan fingerprint density at radius 1 is 1.08 bits per heavy atom. The molecule has 0 bridgehead atoms. The molecule has 1 fully saturated rings. The fourth-order valence-electron chi connectivity index (χ4n) is 3.17. The zero-order valence-corrected chi connectivity index (χ0v) is 14.2. The van der Waals surface area contributed by atoms with Crippen LogP contribution in [0.5, 0.6) is 0 Å². The van der Waals surface area contributed by atoms with E-state index in [4.69, 9.17) is 0 Å². The summed E-state index contributed by atoms with van der Waals surface area (Å²) in [6.07, 6.45) is 7.46. The Morgan fingerprint density at radius 2 is 1.79 bits per heavy atom. The van der Waals surface area contributed by atoms with Crippen molar-refractivity contribution in [2.45, 2.75) is 49.5 Å². The first-order valence-corrected chi connectivity index (χ1v) is 9.73. The monoisotopic (exact) mass is 348 g/mol. The molecular formula is C18H21FN2O2S. The Labute approximate surface area is 142 Å². The second-order valence-corrected chi connectivity index (χ2v) is 7.98. The predicted octanol–water partition coefficient (Wildman–Crippen LogP) is 3.75. The van der Waals surface area contributed by atoms with Crippen molar-refractivity contribution in [1.82, 2.24) is 9.71 Å². The van der Waals surface area contributed by atoms with E-state index in [1.807, 2.05) is 12.1 Å². The van der Waals surface area contributed by atoms with Crippen molar-refractivity contribution >= 4 is 10.0 Å². The summed E-state index contributed by atoms with van der Waals surface area (Å²) in [5.74, 6) is -0.0770. The van der Waals surface area contributed by atoms with Gasteiger partial charge in [0.05, 0.1) is 4.90 Å². The summed E-state index contributed by atoms with van der Waals surface area (Å²) in [6, 6.07) is 9.93. The number of hydrogen-bond donors (Lipinski definition) is 1. The third-order valence-electron chi connectivity index (χ3n) is 4.52. The smallest absolute Gasteiger partial charge is 0.228 e. The minimum atomic E-state index is -3.61. The highest BCUT2D eigenvalue weighted by Gasteiger charge is 2.18. The van der Waals surface area contributed by atoms with Gasteiger partial charge in [-0.3, -0.25) is 0 Å². The van der Waals surface area contributed by atoms with Gasteiger partial charge < -0.3 is 0 Å². The Balaban J connectivity index is 1.67. The first-order valence-electron chi connectivity index (χ1n) is 8.25. The van der Waals surface area contributed by atoms with E-state index >= 15 is 0 Å². The molecule has 1 aliphatic rings. The largest absolute Gasteiger partial charge is 0.240 e. The third-order valence-corrected chi connectivity index (χ3v) is 5.94. The van der Waals surface area contributed by atoms with Gasteiger partial charge in [-0.1, -0.05) is 31.4 Å². The molecule has 0 spiro atoms. The van der Waals surface area contributed by atoms with E-state index in [0.29, 0.717) is 11.5 Å². The average molecular weight is 348 g/mol. The van der Waals surface area contributed by atoms with Gasteiger partial charge in [-0.2, -0.15) is 4.39 Å². The molecule has 4 nitrogen and oxygen atoms in total. The topological polar surface area (TPSA) is 59.1 Å². The van der Waals surface area contributed by atoms with E-state index in [1.165, 1.54) is 49.9 Å². The van der Waals surface area contributed by atoms with Crippen molar-refractivity contribution in [3.05, 3.63) is 59.7 Å². The molecule has 0 amide bonds. The average Bonchev–Trinajstić information content (AvgIpc) is 2.61. The molecule has 1 N–H and O–H groups in total.